The van der Waals surface area contributed by atoms with Crippen molar-refractivity contribution < 1.29 is 4.79 Å². The maximum atomic E-state index is 12.4. The Morgan fingerprint density at radius 1 is 1.03 bits per heavy atom. The lowest BCUT2D eigenvalue weighted by atomic mass is 10.2. The number of imidazole rings is 1. The molecular formula is C21H17IN6O. The maximum Gasteiger partial charge on any atom is 0.255 e. The van der Waals surface area contributed by atoms with Crippen LogP contribution in [0.15, 0.2) is 73.3 Å². The van der Waals surface area contributed by atoms with E-state index in [1.54, 1.807) is 18.6 Å². The third-order valence-electron chi connectivity index (χ3n) is 4.10. The van der Waals surface area contributed by atoms with Crippen LogP contribution in [0.5, 0.6) is 0 Å². The zero-order valence-corrected chi connectivity index (χ0v) is 17.7. The lowest BCUT2D eigenvalue weighted by Crippen LogP contribution is -2.11. The number of aromatic nitrogens is 4. The first kappa shape index (κ1) is 19.1. The summed E-state index contributed by atoms with van der Waals surface area (Å²) in [5.74, 6) is 1.93. The summed E-state index contributed by atoms with van der Waals surface area (Å²) in [5.41, 5.74) is 2.20. The number of amides is 1. The van der Waals surface area contributed by atoms with Crippen LogP contribution in [0.3, 0.4) is 0 Å². The van der Waals surface area contributed by atoms with Crippen molar-refractivity contribution in [1.29, 1.82) is 0 Å². The van der Waals surface area contributed by atoms with Crippen LogP contribution >= 0.6 is 22.6 Å². The standard InChI is InChI=1S/C21H17IN6O/c1-14-24-19(12-20(25-14)28-10-9-23-13-28)26-17-5-7-18(8-6-17)27-21(29)15-3-2-4-16(22)11-15/h2-13H,1H3,(H,27,29)(H,24,25,26). The minimum absolute atomic E-state index is 0.138. The quantitative estimate of drug-likeness (QED) is 0.396. The minimum atomic E-state index is -0.138. The number of nitrogens with zero attached hydrogens (tertiary/aromatic N) is 4. The average Bonchev–Trinajstić information content (AvgIpc) is 3.24. The monoisotopic (exact) mass is 496 g/mol. The Morgan fingerprint density at radius 2 is 1.83 bits per heavy atom. The normalized spacial score (nSPS) is 10.6. The Labute approximate surface area is 181 Å². The first-order valence-electron chi connectivity index (χ1n) is 8.85. The molecule has 4 rings (SSSR count). The second-order valence-corrected chi connectivity index (χ2v) is 7.54. The van der Waals surface area contributed by atoms with Gasteiger partial charge in [0.25, 0.3) is 5.91 Å². The number of aryl methyl sites for hydroxylation is 1. The molecule has 0 aliphatic rings. The Bertz CT molecular complexity index is 1140. The Kier molecular flexibility index (Phi) is 5.52. The number of hydrogen-bond acceptors (Lipinski definition) is 5. The molecule has 0 saturated carbocycles. The third-order valence-corrected chi connectivity index (χ3v) is 4.77. The fraction of sp³-hybridized carbons (Fsp3) is 0.0476. The van der Waals surface area contributed by atoms with Crippen molar-refractivity contribution in [3.8, 4) is 5.82 Å². The van der Waals surface area contributed by atoms with E-state index in [1.165, 1.54) is 0 Å². The Hall–Kier alpha value is -3.27. The van der Waals surface area contributed by atoms with Gasteiger partial charge in [0, 0.05) is 39.0 Å². The van der Waals surface area contributed by atoms with Crippen molar-refractivity contribution in [2.75, 3.05) is 10.6 Å². The molecule has 8 heteroatoms. The number of halogens is 1. The fourth-order valence-corrected chi connectivity index (χ4v) is 3.30. The highest BCUT2D eigenvalue weighted by atomic mass is 127. The van der Waals surface area contributed by atoms with Crippen LogP contribution in [0.2, 0.25) is 0 Å². The molecule has 0 unspecified atom stereocenters. The molecule has 1 amide bonds. The molecule has 2 heterocycles. The molecule has 4 aromatic rings. The zero-order valence-electron chi connectivity index (χ0n) is 15.5. The van der Waals surface area contributed by atoms with Crippen molar-refractivity contribution >= 4 is 45.7 Å². The van der Waals surface area contributed by atoms with E-state index in [1.807, 2.05) is 66.2 Å². The van der Waals surface area contributed by atoms with Gasteiger partial charge >= 0.3 is 0 Å². The van der Waals surface area contributed by atoms with Crippen LogP contribution in [0.1, 0.15) is 16.2 Å². The van der Waals surface area contributed by atoms with Gasteiger partial charge in [0.2, 0.25) is 0 Å². The molecule has 0 aliphatic heterocycles. The molecule has 0 bridgehead atoms. The molecule has 7 nitrogen and oxygen atoms in total. The van der Waals surface area contributed by atoms with Gasteiger partial charge in [-0.3, -0.25) is 9.36 Å². The van der Waals surface area contributed by atoms with Crippen LogP contribution in [0.4, 0.5) is 17.2 Å². The van der Waals surface area contributed by atoms with Crippen molar-refractivity contribution in [1.82, 2.24) is 19.5 Å². The highest BCUT2D eigenvalue weighted by molar-refractivity contribution is 14.1. The summed E-state index contributed by atoms with van der Waals surface area (Å²) in [4.78, 5) is 25.3. The molecule has 144 valence electrons. The zero-order chi connectivity index (χ0) is 20.2. The topological polar surface area (TPSA) is 84.7 Å². The molecule has 0 atom stereocenters. The van der Waals surface area contributed by atoms with E-state index in [9.17, 15) is 4.79 Å². The molecular weight excluding hydrogens is 479 g/mol. The van der Waals surface area contributed by atoms with E-state index >= 15 is 0 Å². The summed E-state index contributed by atoms with van der Waals surface area (Å²) < 4.78 is 2.84. The van der Waals surface area contributed by atoms with E-state index in [0.29, 0.717) is 17.2 Å². The number of hydrogen-bond donors (Lipinski definition) is 2. The summed E-state index contributed by atoms with van der Waals surface area (Å²) in [6, 6.07) is 16.8. The van der Waals surface area contributed by atoms with Crippen LogP contribution in [0.25, 0.3) is 5.82 Å². The summed E-state index contributed by atoms with van der Waals surface area (Å²) in [6.45, 7) is 1.84. The molecule has 2 aromatic heterocycles. The first-order chi connectivity index (χ1) is 14.1. The number of anilines is 3. The van der Waals surface area contributed by atoms with Crippen molar-refractivity contribution in [2.45, 2.75) is 6.92 Å². The molecule has 0 spiro atoms. The summed E-state index contributed by atoms with van der Waals surface area (Å²) in [6.07, 6.45) is 5.22. The van der Waals surface area contributed by atoms with E-state index < -0.39 is 0 Å². The SMILES string of the molecule is Cc1nc(Nc2ccc(NC(=O)c3cccc(I)c3)cc2)cc(-n2ccnc2)n1. The lowest BCUT2D eigenvalue weighted by molar-refractivity contribution is 0.102. The molecule has 0 radical (unpaired) electrons. The molecule has 2 N–H and O–H groups in total. The molecule has 29 heavy (non-hydrogen) atoms. The number of carbonyl (C=O) groups excluding carboxylic acids is 1. The lowest BCUT2D eigenvalue weighted by Gasteiger charge is -2.10. The fourth-order valence-electron chi connectivity index (χ4n) is 2.76. The van der Waals surface area contributed by atoms with Crippen molar-refractivity contribution in [3.05, 3.63) is 88.3 Å². The minimum Gasteiger partial charge on any atom is -0.340 e. The maximum absolute atomic E-state index is 12.4. The predicted molar refractivity (Wildman–Crippen MR) is 121 cm³/mol. The highest BCUT2D eigenvalue weighted by Crippen LogP contribution is 2.20. The van der Waals surface area contributed by atoms with Gasteiger partial charge in [0.05, 0.1) is 0 Å². The first-order valence-corrected chi connectivity index (χ1v) is 9.93. The van der Waals surface area contributed by atoms with E-state index in [2.05, 4.69) is 48.2 Å². The molecule has 0 saturated heterocycles. The molecule has 0 aliphatic carbocycles. The van der Waals surface area contributed by atoms with Gasteiger partial charge in [-0.15, -0.1) is 0 Å². The molecule has 0 fully saturated rings. The Morgan fingerprint density at radius 3 is 2.55 bits per heavy atom. The molecule has 2 aromatic carbocycles. The predicted octanol–water partition coefficient (Wildman–Crippen LogP) is 4.57. The number of benzene rings is 2. The average molecular weight is 496 g/mol. The van der Waals surface area contributed by atoms with Gasteiger partial charge in [-0.2, -0.15) is 0 Å². The number of nitrogens with one attached hydrogen (secondary N) is 2. The third kappa shape index (κ3) is 4.77. The second-order valence-electron chi connectivity index (χ2n) is 6.30. The van der Waals surface area contributed by atoms with Gasteiger partial charge in [-0.25, -0.2) is 15.0 Å². The van der Waals surface area contributed by atoms with E-state index in [-0.39, 0.29) is 5.91 Å². The number of rotatable bonds is 5. The largest absolute Gasteiger partial charge is 0.340 e. The highest BCUT2D eigenvalue weighted by Gasteiger charge is 2.07. The number of carbonyl (C=O) groups is 1. The summed E-state index contributed by atoms with van der Waals surface area (Å²) in [5, 5.41) is 6.18. The van der Waals surface area contributed by atoms with Gasteiger partial charge in [-0.1, -0.05) is 6.07 Å². The van der Waals surface area contributed by atoms with Gasteiger partial charge in [0.1, 0.15) is 23.8 Å². The van der Waals surface area contributed by atoms with Crippen LogP contribution < -0.4 is 10.6 Å². The van der Waals surface area contributed by atoms with E-state index in [0.717, 1.165) is 20.8 Å². The van der Waals surface area contributed by atoms with Crippen molar-refractivity contribution in [3.63, 3.8) is 0 Å². The van der Waals surface area contributed by atoms with Crippen molar-refractivity contribution in [2.24, 2.45) is 0 Å². The van der Waals surface area contributed by atoms with Crippen LogP contribution in [-0.2, 0) is 0 Å². The van der Waals surface area contributed by atoms with Crippen LogP contribution in [-0.4, -0.2) is 25.4 Å². The summed E-state index contributed by atoms with van der Waals surface area (Å²) >= 11 is 2.19. The van der Waals surface area contributed by atoms with Crippen LogP contribution in [0, 0.1) is 10.5 Å². The second kappa shape index (κ2) is 8.39. The van der Waals surface area contributed by atoms with E-state index in [4.69, 9.17) is 0 Å². The van der Waals surface area contributed by atoms with Gasteiger partial charge < -0.3 is 10.6 Å². The van der Waals surface area contributed by atoms with Gasteiger partial charge in [-0.05, 0) is 72.0 Å². The Balaban J connectivity index is 1.47. The smallest absolute Gasteiger partial charge is 0.255 e. The summed E-state index contributed by atoms with van der Waals surface area (Å²) in [7, 11) is 0. The van der Waals surface area contributed by atoms with Gasteiger partial charge in [0.15, 0.2) is 0 Å².